The number of hydrogen-bond donors (Lipinski definition) is 1. The number of hydrogen-bond acceptors (Lipinski definition) is 5. The fraction of sp³-hybridized carbons (Fsp3) is 0.562. The lowest BCUT2D eigenvalue weighted by Crippen LogP contribution is -2.34. The van der Waals surface area contributed by atoms with Crippen LogP contribution in [0.25, 0.3) is 10.2 Å². The van der Waals surface area contributed by atoms with Gasteiger partial charge in [0.2, 0.25) is 5.91 Å². The molecule has 2 aromatic rings. The molecular weight excluding hydrogens is 314 g/mol. The predicted octanol–water partition coefficient (Wildman–Crippen LogP) is 1.98. The van der Waals surface area contributed by atoms with Crippen molar-refractivity contribution in [2.24, 2.45) is 0 Å². The van der Waals surface area contributed by atoms with Gasteiger partial charge in [-0.2, -0.15) is 0 Å². The van der Waals surface area contributed by atoms with Crippen LogP contribution in [0.1, 0.15) is 42.5 Å². The summed E-state index contributed by atoms with van der Waals surface area (Å²) in [6.07, 6.45) is 7.80. The first-order valence-electron chi connectivity index (χ1n) is 8.16. The molecule has 1 aliphatic heterocycles. The summed E-state index contributed by atoms with van der Waals surface area (Å²) in [4.78, 5) is 31.3. The van der Waals surface area contributed by atoms with E-state index in [1.807, 2.05) is 0 Å². The van der Waals surface area contributed by atoms with Crippen LogP contribution in [0.4, 0.5) is 0 Å². The Balaban J connectivity index is 1.61. The average Bonchev–Trinajstić information content (AvgIpc) is 3.17. The van der Waals surface area contributed by atoms with Crippen LogP contribution in [-0.2, 0) is 22.4 Å². The minimum atomic E-state index is -0.204. The first-order chi connectivity index (χ1) is 11.2. The molecular formula is C16H19N3O3S. The molecule has 23 heavy (non-hydrogen) atoms. The Hall–Kier alpha value is -1.73. The van der Waals surface area contributed by atoms with Gasteiger partial charge in [0.05, 0.1) is 17.9 Å². The van der Waals surface area contributed by atoms with E-state index >= 15 is 0 Å². The molecule has 4 rings (SSSR count). The Morgan fingerprint density at radius 3 is 3.09 bits per heavy atom. The van der Waals surface area contributed by atoms with Crippen molar-refractivity contribution < 1.29 is 9.53 Å². The maximum atomic E-state index is 12.7. The Kier molecular flexibility index (Phi) is 3.90. The number of aryl methyl sites for hydroxylation is 2. The lowest BCUT2D eigenvalue weighted by molar-refractivity contribution is -0.119. The molecule has 1 unspecified atom stereocenters. The molecule has 1 fully saturated rings. The number of fused-ring (bicyclic) bond motifs is 3. The van der Waals surface area contributed by atoms with Crippen molar-refractivity contribution in [2.45, 2.75) is 51.0 Å². The van der Waals surface area contributed by atoms with Gasteiger partial charge in [-0.3, -0.25) is 15.0 Å². The summed E-state index contributed by atoms with van der Waals surface area (Å²) in [6, 6.07) is 0. The summed E-state index contributed by atoms with van der Waals surface area (Å²) < 4.78 is 6.69. The number of nitrogens with one attached hydrogen (secondary N) is 1. The molecule has 1 saturated heterocycles. The molecule has 0 aromatic carbocycles. The second-order valence-electron chi connectivity index (χ2n) is 6.18. The maximum absolute atomic E-state index is 12.7. The lowest BCUT2D eigenvalue weighted by atomic mass is 9.97. The van der Waals surface area contributed by atoms with Gasteiger partial charge >= 0.3 is 0 Å². The predicted molar refractivity (Wildman–Crippen MR) is 88.5 cm³/mol. The largest absolute Gasteiger partial charge is 0.378 e. The Morgan fingerprint density at radius 2 is 2.26 bits per heavy atom. The Labute approximate surface area is 137 Å². The van der Waals surface area contributed by atoms with Gasteiger partial charge in [-0.25, -0.2) is 9.66 Å². The normalized spacial score (nSPS) is 20.6. The highest BCUT2D eigenvalue weighted by atomic mass is 32.1. The van der Waals surface area contributed by atoms with Crippen LogP contribution in [0, 0.1) is 0 Å². The van der Waals surface area contributed by atoms with Gasteiger partial charge in [-0.05, 0) is 44.1 Å². The minimum absolute atomic E-state index is 0.0312. The molecule has 0 radical (unpaired) electrons. The molecule has 7 heteroatoms. The highest BCUT2D eigenvalue weighted by Gasteiger charge is 2.22. The molecule has 0 bridgehead atoms. The molecule has 1 N–H and O–H groups in total. The lowest BCUT2D eigenvalue weighted by Gasteiger charge is -2.12. The van der Waals surface area contributed by atoms with Crippen LogP contribution in [-0.4, -0.2) is 28.3 Å². The number of rotatable bonds is 3. The summed E-state index contributed by atoms with van der Waals surface area (Å²) in [5, 5.41) is 0.685. The number of ether oxygens (including phenoxy) is 1. The second kappa shape index (κ2) is 6.05. The van der Waals surface area contributed by atoms with E-state index in [4.69, 9.17) is 4.74 Å². The molecule has 1 amide bonds. The molecule has 2 aromatic heterocycles. The SMILES string of the molecule is O=C(CC1CCCO1)Nn1cnc2sc3c(c2c1=O)CCCC3. The fourth-order valence-corrected chi connectivity index (χ4v) is 4.64. The number of nitrogens with zero attached hydrogens (tertiary/aromatic N) is 2. The van der Waals surface area contributed by atoms with Crippen LogP contribution in [0.3, 0.4) is 0 Å². The summed E-state index contributed by atoms with van der Waals surface area (Å²) in [5.41, 5.74) is 3.62. The third-order valence-electron chi connectivity index (χ3n) is 4.56. The van der Waals surface area contributed by atoms with Gasteiger partial charge in [0.1, 0.15) is 11.2 Å². The highest BCUT2D eigenvalue weighted by Crippen LogP contribution is 2.33. The third kappa shape index (κ3) is 2.79. The Morgan fingerprint density at radius 1 is 1.39 bits per heavy atom. The van der Waals surface area contributed by atoms with E-state index in [0.29, 0.717) is 12.0 Å². The smallest absolute Gasteiger partial charge is 0.281 e. The Bertz CT molecular complexity index is 805. The van der Waals surface area contributed by atoms with Crippen LogP contribution in [0.15, 0.2) is 11.1 Å². The quantitative estimate of drug-likeness (QED) is 0.932. The summed E-state index contributed by atoms with van der Waals surface area (Å²) in [6.45, 7) is 0.715. The zero-order chi connectivity index (χ0) is 15.8. The number of aromatic nitrogens is 2. The van der Waals surface area contributed by atoms with Crippen LogP contribution < -0.4 is 11.0 Å². The average molecular weight is 333 g/mol. The van der Waals surface area contributed by atoms with Crippen molar-refractivity contribution in [3.63, 3.8) is 0 Å². The van der Waals surface area contributed by atoms with Crippen LogP contribution in [0.2, 0.25) is 0 Å². The van der Waals surface area contributed by atoms with E-state index in [1.54, 1.807) is 11.3 Å². The van der Waals surface area contributed by atoms with Crippen molar-refractivity contribution in [3.05, 3.63) is 27.1 Å². The van der Waals surface area contributed by atoms with Gasteiger partial charge in [0.25, 0.3) is 5.56 Å². The molecule has 0 spiro atoms. The molecule has 1 atom stereocenters. The van der Waals surface area contributed by atoms with E-state index in [1.165, 1.54) is 22.3 Å². The van der Waals surface area contributed by atoms with Crippen molar-refractivity contribution in [3.8, 4) is 0 Å². The third-order valence-corrected chi connectivity index (χ3v) is 5.76. The summed E-state index contributed by atoms with van der Waals surface area (Å²) >= 11 is 1.61. The number of carbonyl (C=O) groups is 1. The maximum Gasteiger partial charge on any atom is 0.281 e. The minimum Gasteiger partial charge on any atom is -0.378 e. The van der Waals surface area contributed by atoms with E-state index in [0.717, 1.165) is 42.5 Å². The molecule has 122 valence electrons. The van der Waals surface area contributed by atoms with Gasteiger partial charge in [-0.1, -0.05) is 0 Å². The summed E-state index contributed by atoms with van der Waals surface area (Å²) in [7, 11) is 0. The zero-order valence-electron chi connectivity index (χ0n) is 12.8. The topological polar surface area (TPSA) is 73.2 Å². The zero-order valence-corrected chi connectivity index (χ0v) is 13.7. The summed E-state index contributed by atoms with van der Waals surface area (Å²) in [5.74, 6) is -0.204. The molecule has 1 aliphatic carbocycles. The van der Waals surface area contributed by atoms with Crippen molar-refractivity contribution >= 4 is 27.5 Å². The van der Waals surface area contributed by atoms with Crippen molar-refractivity contribution in [1.82, 2.24) is 9.66 Å². The number of carbonyl (C=O) groups excluding carboxylic acids is 1. The standard InChI is InChI=1S/C16H19N3O3S/c20-13(8-10-4-3-7-22-10)18-19-9-17-15-14(16(19)21)11-5-1-2-6-12(11)23-15/h9-10H,1-8H2,(H,18,20). The molecule has 2 aliphatic rings. The molecule has 0 saturated carbocycles. The van der Waals surface area contributed by atoms with E-state index in [9.17, 15) is 9.59 Å². The first kappa shape index (κ1) is 14.8. The number of thiophene rings is 1. The van der Waals surface area contributed by atoms with Gasteiger partial charge in [-0.15, -0.1) is 11.3 Å². The molecule has 3 heterocycles. The fourth-order valence-electron chi connectivity index (χ4n) is 3.42. The highest BCUT2D eigenvalue weighted by molar-refractivity contribution is 7.18. The first-order valence-corrected chi connectivity index (χ1v) is 8.97. The van der Waals surface area contributed by atoms with E-state index < -0.39 is 0 Å². The second-order valence-corrected chi connectivity index (χ2v) is 7.27. The number of amides is 1. The van der Waals surface area contributed by atoms with E-state index in [2.05, 4.69) is 10.4 Å². The van der Waals surface area contributed by atoms with Crippen molar-refractivity contribution in [1.29, 1.82) is 0 Å². The van der Waals surface area contributed by atoms with Gasteiger partial charge < -0.3 is 4.74 Å². The monoisotopic (exact) mass is 333 g/mol. The molecule has 6 nitrogen and oxygen atoms in total. The van der Waals surface area contributed by atoms with Gasteiger partial charge in [0, 0.05) is 11.5 Å². The van der Waals surface area contributed by atoms with Gasteiger partial charge in [0.15, 0.2) is 0 Å². The van der Waals surface area contributed by atoms with Crippen molar-refractivity contribution in [2.75, 3.05) is 12.0 Å². The van der Waals surface area contributed by atoms with Crippen LogP contribution >= 0.6 is 11.3 Å². The van der Waals surface area contributed by atoms with Crippen LogP contribution in [0.5, 0.6) is 0 Å². The van der Waals surface area contributed by atoms with E-state index in [-0.39, 0.29) is 24.0 Å².